The SMILES string of the molecule is Cc1ccc(C(C)NC2CCC2C(=O)O)o1. The molecule has 0 amide bonds. The van der Waals surface area contributed by atoms with Gasteiger partial charge in [0.2, 0.25) is 0 Å². The maximum absolute atomic E-state index is 10.9. The lowest BCUT2D eigenvalue weighted by Gasteiger charge is -2.35. The second-order valence-electron chi connectivity index (χ2n) is 4.47. The quantitative estimate of drug-likeness (QED) is 0.820. The highest BCUT2D eigenvalue weighted by Gasteiger charge is 2.37. The predicted octanol–water partition coefficient (Wildman–Crippen LogP) is 2.10. The highest BCUT2D eigenvalue weighted by Crippen LogP contribution is 2.30. The number of aryl methyl sites for hydroxylation is 1. The van der Waals surface area contributed by atoms with E-state index in [-0.39, 0.29) is 18.0 Å². The summed E-state index contributed by atoms with van der Waals surface area (Å²) in [5, 5.41) is 12.2. The molecular formula is C12H17NO3. The van der Waals surface area contributed by atoms with Crippen molar-refractivity contribution in [1.29, 1.82) is 0 Å². The first-order valence-electron chi connectivity index (χ1n) is 5.63. The van der Waals surface area contributed by atoms with Gasteiger partial charge < -0.3 is 14.8 Å². The van der Waals surface area contributed by atoms with Crippen molar-refractivity contribution in [3.63, 3.8) is 0 Å². The molecule has 0 bridgehead atoms. The van der Waals surface area contributed by atoms with Crippen LogP contribution >= 0.6 is 0 Å². The van der Waals surface area contributed by atoms with E-state index in [2.05, 4.69) is 5.32 Å². The van der Waals surface area contributed by atoms with Gasteiger partial charge in [-0.25, -0.2) is 0 Å². The van der Waals surface area contributed by atoms with Crippen LogP contribution in [0.2, 0.25) is 0 Å². The lowest BCUT2D eigenvalue weighted by atomic mass is 9.79. The summed E-state index contributed by atoms with van der Waals surface area (Å²) in [6, 6.07) is 4.00. The number of carbonyl (C=O) groups is 1. The van der Waals surface area contributed by atoms with Crippen LogP contribution in [-0.2, 0) is 4.79 Å². The van der Waals surface area contributed by atoms with Gasteiger partial charge in [-0.15, -0.1) is 0 Å². The third-order valence-electron chi connectivity index (χ3n) is 3.24. The van der Waals surface area contributed by atoms with Crippen molar-refractivity contribution in [2.45, 2.75) is 38.8 Å². The first kappa shape index (κ1) is 11.2. The van der Waals surface area contributed by atoms with Crippen LogP contribution in [0.1, 0.15) is 37.3 Å². The number of carboxylic acid groups (broad SMARTS) is 1. The average molecular weight is 223 g/mol. The van der Waals surface area contributed by atoms with Crippen LogP contribution in [-0.4, -0.2) is 17.1 Å². The molecule has 4 heteroatoms. The number of hydrogen-bond acceptors (Lipinski definition) is 3. The Labute approximate surface area is 94.6 Å². The molecule has 1 aliphatic carbocycles. The van der Waals surface area contributed by atoms with Crippen LogP contribution in [0.5, 0.6) is 0 Å². The van der Waals surface area contributed by atoms with E-state index in [0.717, 1.165) is 24.4 Å². The Balaban J connectivity index is 1.93. The topological polar surface area (TPSA) is 62.5 Å². The molecule has 0 radical (unpaired) electrons. The summed E-state index contributed by atoms with van der Waals surface area (Å²) in [6.45, 7) is 3.90. The second kappa shape index (κ2) is 4.29. The lowest BCUT2D eigenvalue weighted by Crippen LogP contribution is -2.48. The van der Waals surface area contributed by atoms with Gasteiger partial charge in [-0.1, -0.05) is 0 Å². The van der Waals surface area contributed by atoms with E-state index in [0.29, 0.717) is 0 Å². The zero-order valence-electron chi connectivity index (χ0n) is 9.56. The minimum Gasteiger partial charge on any atom is -0.481 e. The van der Waals surface area contributed by atoms with Crippen molar-refractivity contribution in [3.8, 4) is 0 Å². The molecule has 1 aromatic rings. The standard InChI is InChI=1S/C12H17NO3/c1-7-3-6-11(16-7)8(2)13-10-5-4-9(10)12(14)15/h3,6,8-10,13H,4-5H2,1-2H3,(H,14,15). The normalized spacial score (nSPS) is 26.1. The summed E-state index contributed by atoms with van der Waals surface area (Å²) >= 11 is 0. The first-order valence-corrected chi connectivity index (χ1v) is 5.63. The number of carboxylic acids is 1. The van der Waals surface area contributed by atoms with Gasteiger partial charge in [0.15, 0.2) is 0 Å². The fraction of sp³-hybridized carbons (Fsp3) is 0.583. The Morgan fingerprint density at radius 3 is 2.75 bits per heavy atom. The molecule has 3 atom stereocenters. The monoisotopic (exact) mass is 223 g/mol. The van der Waals surface area contributed by atoms with Crippen molar-refractivity contribution >= 4 is 5.97 Å². The molecule has 1 saturated carbocycles. The van der Waals surface area contributed by atoms with E-state index >= 15 is 0 Å². The lowest BCUT2D eigenvalue weighted by molar-refractivity contribution is -0.146. The highest BCUT2D eigenvalue weighted by atomic mass is 16.4. The summed E-state index contributed by atoms with van der Waals surface area (Å²) in [5.74, 6) is 0.811. The van der Waals surface area contributed by atoms with Crippen molar-refractivity contribution in [2.75, 3.05) is 0 Å². The smallest absolute Gasteiger partial charge is 0.308 e. The van der Waals surface area contributed by atoms with Crippen molar-refractivity contribution in [3.05, 3.63) is 23.7 Å². The second-order valence-corrected chi connectivity index (χ2v) is 4.47. The summed E-state index contributed by atoms with van der Waals surface area (Å²) in [5.41, 5.74) is 0. The zero-order chi connectivity index (χ0) is 11.7. The van der Waals surface area contributed by atoms with E-state index < -0.39 is 5.97 Å². The number of hydrogen-bond donors (Lipinski definition) is 2. The zero-order valence-corrected chi connectivity index (χ0v) is 9.56. The summed E-state index contributed by atoms with van der Waals surface area (Å²) < 4.78 is 5.50. The first-order chi connectivity index (χ1) is 7.58. The van der Waals surface area contributed by atoms with E-state index in [9.17, 15) is 4.79 Å². The van der Waals surface area contributed by atoms with E-state index in [1.807, 2.05) is 26.0 Å². The molecule has 16 heavy (non-hydrogen) atoms. The molecule has 0 saturated heterocycles. The van der Waals surface area contributed by atoms with Crippen LogP contribution in [0.25, 0.3) is 0 Å². The van der Waals surface area contributed by atoms with Gasteiger partial charge in [-0.2, -0.15) is 0 Å². The Morgan fingerprint density at radius 2 is 2.31 bits per heavy atom. The average Bonchev–Trinajstić information content (AvgIpc) is 2.58. The summed E-state index contributed by atoms with van der Waals surface area (Å²) in [6.07, 6.45) is 1.71. The molecule has 3 unspecified atom stereocenters. The minimum atomic E-state index is -0.702. The number of furan rings is 1. The Hall–Kier alpha value is -1.29. The van der Waals surface area contributed by atoms with Crippen molar-refractivity contribution in [1.82, 2.24) is 5.32 Å². The molecule has 0 aromatic carbocycles. The summed E-state index contributed by atoms with van der Waals surface area (Å²) in [4.78, 5) is 10.9. The molecule has 1 aliphatic rings. The number of aliphatic carboxylic acids is 1. The molecule has 1 fully saturated rings. The number of rotatable bonds is 4. The van der Waals surface area contributed by atoms with Gasteiger partial charge in [0, 0.05) is 6.04 Å². The van der Waals surface area contributed by atoms with Gasteiger partial charge in [-0.05, 0) is 38.8 Å². The van der Waals surface area contributed by atoms with Crippen LogP contribution in [0.15, 0.2) is 16.5 Å². The molecular weight excluding hydrogens is 206 g/mol. The maximum Gasteiger partial charge on any atom is 0.308 e. The summed E-state index contributed by atoms with van der Waals surface area (Å²) in [7, 11) is 0. The van der Waals surface area contributed by atoms with Gasteiger partial charge in [0.05, 0.1) is 12.0 Å². The molecule has 0 spiro atoms. The van der Waals surface area contributed by atoms with Crippen LogP contribution < -0.4 is 5.32 Å². The molecule has 1 aromatic heterocycles. The van der Waals surface area contributed by atoms with Gasteiger partial charge in [0.25, 0.3) is 0 Å². The maximum atomic E-state index is 10.9. The molecule has 0 aliphatic heterocycles. The van der Waals surface area contributed by atoms with Crippen LogP contribution in [0.4, 0.5) is 0 Å². The van der Waals surface area contributed by atoms with E-state index in [4.69, 9.17) is 9.52 Å². The fourth-order valence-electron chi connectivity index (χ4n) is 2.08. The Morgan fingerprint density at radius 1 is 1.56 bits per heavy atom. The molecule has 2 rings (SSSR count). The Kier molecular flexibility index (Phi) is 3.01. The van der Waals surface area contributed by atoms with Crippen molar-refractivity contribution < 1.29 is 14.3 Å². The van der Waals surface area contributed by atoms with Gasteiger partial charge in [0.1, 0.15) is 11.5 Å². The predicted molar refractivity (Wildman–Crippen MR) is 59.1 cm³/mol. The Bertz CT molecular complexity index is 385. The third-order valence-corrected chi connectivity index (χ3v) is 3.24. The van der Waals surface area contributed by atoms with E-state index in [1.165, 1.54) is 0 Å². The van der Waals surface area contributed by atoms with E-state index in [1.54, 1.807) is 0 Å². The van der Waals surface area contributed by atoms with Crippen molar-refractivity contribution in [2.24, 2.45) is 5.92 Å². The number of nitrogens with one attached hydrogen (secondary N) is 1. The largest absolute Gasteiger partial charge is 0.481 e. The van der Waals surface area contributed by atoms with Gasteiger partial charge in [-0.3, -0.25) is 4.79 Å². The third kappa shape index (κ3) is 2.11. The minimum absolute atomic E-state index is 0.0702. The molecule has 2 N–H and O–H groups in total. The molecule has 88 valence electrons. The van der Waals surface area contributed by atoms with Crippen LogP contribution in [0.3, 0.4) is 0 Å². The van der Waals surface area contributed by atoms with Gasteiger partial charge >= 0.3 is 5.97 Å². The molecule has 1 heterocycles. The fourth-order valence-corrected chi connectivity index (χ4v) is 2.08. The highest BCUT2D eigenvalue weighted by molar-refractivity contribution is 5.72. The molecule has 4 nitrogen and oxygen atoms in total. The van der Waals surface area contributed by atoms with Crippen LogP contribution in [0, 0.1) is 12.8 Å².